The lowest BCUT2D eigenvalue weighted by molar-refractivity contribution is -0.384. The van der Waals surface area contributed by atoms with E-state index < -0.39 is 10.7 Å². The molecule has 1 aromatic heterocycles. The number of fused-ring (bicyclic) bond motifs is 1. The molecule has 0 aliphatic rings. The molecule has 0 radical (unpaired) electrons. The fraction of sp³-hybridized carbons (Fsp3) is 0.263. The van der Waals surface area contributed by atoms with Crippen LogP contribution in [0, 0.1) is 15.9 Å². The van der Waals surface area contributed by atoms with Crippen LogP contribution in [0.25, 0.3) is 11.1 Å². The third kappa shape index (κ3) is 3.93. The van der Waals surface area contributed by atoms with E-state index in [4.69, 9.17) is 4.42 Å². The van der Waals surface area contributed by atoms with Gasteiger partial charge in [0.2, 0.25) is 5.91 Å². The number of carbonyl (C=O) groups excluding carboxylic acids is 1. The van der Waals surface area contributed by atoms with Crippen molar-refractivity contribution in [1.82, 2.24) is 4.57 Å². The van der Waals surface area contributed by atoms with Crippen molar-refractivity contribution in [2.24, 2.45) is 0 Å². The van der Waals surface area contributed by atoms with Gasteiger partial charge in [0.25, 0.3) is 5.69 Å². The second kappa shape index (κ2) is 8.03. The first kappa shape index (κ1) is 19.3. The van der Waals surface area contributed by atoms with Crippen LogP contribution < -0.4 is 10.7 Å². The van der Waals surface area contributed by atoms with Gasteiger partial charge in [-0.3, -0.25) is 19.5 Å². The van der Waals surface area contributed by atoms with Crippen LogP contribution in [0.3, 0.4) is 0 Å². The number of amides is 1. The summed E-state index contributed by atoms with van der Waals surface area (Å²) in [5.74, 6) is -1.15. The number of aromatic nitrogens is 1. The first-order valence-electron chi connectivity index (χ1n) is 8.74. The van der Waals surface area contributed by atoms with E-state index in [-0.39, 0.29) is 36.0 Å². The average molecular weight is 387 g/mol. The molecule has 1 amide bonds. The van der Waals surface area contributed by atoms with Crippen LogP contribution >= 0.6 is 0 Å². The Kier molecular flexibility index (Phi) is 5.53. The Morgan fingerprint density at radius 2 is 1.96 bits per heavy atom. The standard InChI is InChI=1S/C19H18FN3O5/c1-2-21(14-7-5-13(20)6-8-14)18(24)4-3-11-22-16-10-9-15(23(26)27)12-17(16)28-19(22)25/h5-10,12H,2-4,11H2,1H3. The molecule has 8 nitrogen and oxygen atoms in total. The molecule has 3 rings (SSSR count). The number of nitrogens with zero attached hydrogens (tertiary/aromatic N) is 3. The van der Waals surface area contributed by atoms with Gasteiger partial charge in [-0.25, -0.2) is 9.18 Å². The summed E-state index contributed by atoms with van der Waals surface area (Å²) in [5, 5.41) is 10.8. The van der Waals surface area contributed by atoms with Crippen molar-refractivity contribution in [3.63, 3.8) is 0 Å². The predicted molar refractivity (Wildman–Crippen MR) is 101 cm³/mol. The summed E-state index contributed by atoms with van der Waals surface area (Å²) < 4.78 is 19.5. The van der Waals surface area contributed by atoms with Crippen LogP contribution in [-0.4, -0.2) is 21.9 Å². The molecule has 0 saturated heterocycles. The zero-order valence-corrected chi connectivity index (χ0v) is 15.1. The fourth-order valence-corrected chi connectivity index (χ4v) is 3.03. The molecule has 0 unspecified atom stereocenters. The number of aryl methyl sites for hydroxylation is 1. The smallest absolute Gasteiger partial charge is 0.407 e. The van der Waals surface area contributed by atoms with Gasteiger partial charge in [-0.05, 0) is 43.7 Å². The first-order chi connectivity index (χ1) is 13.4. The molecule has 2 aromatic carbocycles. The zero-order valence-electron chi connectivity index (χ0n) is 15.1. The van der Waals surface area contributed by atoms with E-state index in [1.54, 1.807) is 4.90 Å². The number of nitro groups is 1. The fourth-order valence-electron chi connectivity index (χ4n) is 3.03. The summed E-state index contributed by atoms with van der Waals surface area (Å²) in [6.07, 6.45) is 0.555. The van der Waals surface area contributed by atoms with E-state index in [9.17, 15) is 24.1 Å². The molecular formula is C19H18FN3O5. The lowest BCUT2D eigenvalue weighted by Crippen LogP contribution is -2.30. The van der Waals surface area contributed by atoms with Gasteiger partial charge in [-0.2, -0.15) is 0 Å². The molecule has 0 fully saturated rings. The van der Waals surface area contributed by atoms with E-state index in [0.717, 1.165) is 0 Å². The first-order valence-corrected chi connectivity index (χ1v) is 8.74. The Morgan fingerprint density at radius 3 is 2.61 bits per heavy atom. The highest BCUT2D eigenvalue weighted by Gasteiger charge is 2.16. The maximum Gasteiger partial charge on any atom is 0.419 e. The number of hydrogen-bond donors (Lipinski definition) is 0. The summed E-state index contributed by atoms with van der Waals surface area (Å²) in [6, 6.07) is 9.62. The monoisotopic (exact) mass is 387 g/mol. The molecule has 0 aliphatic heterocycles. The molecule has 0 saturated carbocycles. The number of hydrogen-bond acceptors (Lipinski definition) is 5. The Hall–Kier alpha value is -3.49. The second-order valence-electron chi connectivity index (χ2n) is 6.15. The minimum atomic E-state index is -0.631. The minimum absolute atomic E-state index is 0.132. The van der Waals surface area contributed by atoms with Gasteiger partial charge in [-0.15, -0.1) is 0 Å². The number of non-ortho nitro benzene ring substituents is 1. The number of carbonyl (C=O) groups is 1. The highest BCUT2D eigenvalue weighted by atomic mass is 19.1. The van der Waals surface area contributed by atoms with E-state index >= 15 is 0 Å². The predicted octanol–water partition coefficient (Wildman–Crippen LogP) is 3.48. The van der Waals surface area contributed by atoms with Crippen LogP contribution in [-0.2, 0) is 11.3 Å². The molecule has 0 bridgehead atoms. The number of anilines is 1. The average Bonchev–Trinajstić information content (AvgIpc) is 2.98. The van der Waals surface area contributed by atoms with Crippen molar-refractivity contribution in [3.8, 4) is 0 Å². The maximum absolute atomic E-state index is 13.1. The van der Waals surface area contributed by atoms with Crippen molar-refractivity contribution < 1.29 is 18.5 Å². The van der Waals surface area contributed by atoms with Gasteiger partial charge in [0, 0.05) is 31.3 Å². The summed E-state index contributed by atoms with van der Waals surface area (Å²) in [6.45, 7) is 2.49. The van der Waals surface area contributed by atoms with E-state index in [0.29, 0.717) is 24.2 Å². The zero-order chi connectivity index (χ0) is 20.3. The summed E-state index contributed by atoms with van der Waals surface area (Å²) in [5.41, 5.74) is 1.01. The number of rotatable bonds is 7. The lowest BCUT2D eigenvalue weighted by atomic mass is 10.2. The van der Waals surface area contributed by atoms with Crippen LogP contribution in [0.4, 0.5) is 15.8 Å². The summed E-state index contributed by atoms with van der Waals surface area (Å²) in [7, 11) is 0. The van der Waals surface area contributed by atoms with Crippen LogP contribution in [0.1, 0.15) is 19.8 Å². The largest absolute Gasteiger partial charge is 0.419 e. The molecule has 1 heterocycles. The van der Waals surface area contributed by atoms with E-state index in [2.05, 4.69) is 0 Å². The third-order valence-electron chi connectivity index (χ3n) is 4.39. The van der Waals surface area contributed by atoms with Crippen LogP contribution in [0.5, 0.6) is 0 Å². The number of benzene rings is 2. The highest BCUT2D eigenvalue weighted by molar-refractivity contribution is 5.93. The van der Waals surface area contributed by atoms with Gasteiger partial charge in [0.05, 0.1) is 16.5 Å². The minimum Gasteiger partial charge on any atom is -0.407 e. The van der Waals surface area contributed by atoms with Gasteiger partial charge in [0.15, 0.2) is 5.58 Å². The second-order valence-corrected chi connectivity index (χ2v) is 6.15. The van der Waals surface area contributed by atoms with Crippen LogP contribution in [0.2, 0.25) is 0 Å². The third-order valence-corrected chi connectivity index (χ3v) is 4.39. The van der Waals surface area contributed by atoms with Crippen molar-refractivity contribution in [1.29, 1.82) is 0 Å². The molecule has 146 valence electrons. The molecule has 28 heavy (non-hydrogen) atoms. The highest BCUT2D eigenvalue weighted by Crippen LogP contribution is 2.21. The van der Waals surface area contributed by atoms with Gasteiger partial charge in [0.1, 0.15) is 5.82 Å². The quantitative estimate of drug-likeness (QED) is 0.457. The molecule has 9 heteroatoms. The topological polar surface area (TPSA) is 98.6 Å². The molecule has 0 atom stereocenters. The van der Waals surface area contributed by atoms with Crippen molar-refractivity contribution in [3.05, 3.63) is 68.9 Å². The summed E-state index contributed by atoms with van der Waals surface area (Å²) >= 11 is 0. The maximum atomic E-state index is 13.1. The van der Waals surface area contributed by atoms with Crippen molar-refractivity contribution in [2.75, 3.05) is 11.4 Å². The van der Waals surface area contributed by atoms with Crippen molar-refractivity contribution in [2.45, 2.75) is 26.3 Å². The Labute approximate surface area is 158 Å². The van der Waals surface area contributed by atoms with E-state index in [1.165, 1.54) is 47.0 Å². The van der Waals surface area contributed by atoms with Gasteiger partial charge >= 0.3 is 5.76 Å². The molecule has 3 aromatic rings. The molecule has 0 aliphatic carbocycles. The summed E-state index contributed by atoms with van der Waals surface area (Å²) in [4.78, 5) is 36.3. The van der Waals surface area contributed by atoms with Gasteiger partial charge in [-0.1, -0.05) is 0 Å². The molecular weight excluding hydrogens is 369 g/mol. The molecule has 0 spiro atoms. The molecule has 0 N–H and O–H groups in total. The van der Waals surface area contributed by atoms with E-state index in [1.807, 2.05) is 6.92 Å². The number of oxazole rings is 1. The SMILES string of the molecule is CCN(C(=O)CCCn1c(=O)oc2cc([N+](=O)[O-])ccc21)c1ccc(F)cc1. The van der Waals surface area contributed by atoms with Crippen molar-refractivity contribution >= 4 is 28.4 Å². The Balaban J connectivity index is 1.69. The lowest BCUT2D eigenvalue weighted by Gasteiger charge is -2.21. The van der Waals surface area contributed by atoms with Crippen LogP contribution in [0.15, 0.2) is 51.7 Å². The van der Waals surface area contributed by atoms with Gasteiger partial charge < -0.3 is 9.32 Å². The number of nitro benzene ring substituents is 1. The Bertz CT molecular complexity index is 1070. The normalized spacial score (nSPS) is 10.9. The Morgan fingerprint density at radius 1 is 1.25 bits per heavy atom. The number of halogens is 1.